The van der Waals surface area contributed by atoms with Crippen LogP contribution in [0.5, 0.6) is 5.75 Å². The van der Waals surface area contributed by atoms with Crippen LogP contribution in [0.4, 0.5) is 0 Å². The van der Waals surface area contributed by atoms with Crippen molar-refractivity contribution in [2.75, 3.05) is 26.0 Å². The molecule has 0 N–H and O–H groups in total. The highest BCUT2D eigenvalue weighted by Gasteiger charge is 2.15. The van der Waals surface area contributed by atoms with Crippen LogP contribution in [0.2, 0.25) is 0 Å². The molecule has 0 heterocycles. The number of rotatable bonds is 16. The molecule has 1 aromatic rings. The first-order chi connectivity index (χ1) is 13.9. The van der Waals surface area contributed by atoms with Crippen molar-refractivity contribution in [1.29, 1.82) is 0 Å². The first kappa shape index (κ1) is 25.4. The van der Waals surface area contributed by atoms with Crippen molar-refractivity contribution in [2.24, 2.45) is 0 Å². The van der Waals surface area contributed by atoms with Gasteiger partial charge in [-0.2, -0.15) is 8.42 Å². The van der Waals surface area contributed by atoms with Gasteiger partial charge in [-0.05, 0) is 31.0 Å². The van der Waals surface area contributed by atoms with Crippen molar-refractivity contribution in [3.05, 3.63) is 29.8 Å². The lowest BCUT2D eigenvalue weighted by atomic mass is 10.1. The molecule has 0 aliphatic heterocycles. The van der Waals surface area contributed by atoms with Gasteiger partial charge in [0.2, 0.25) is 5.91 Å². The van der Waals surface area contributed by atoms with E-state index in [2.05, 4.69) is 6.92 Å². The Hall–Kier alpha value is -1.60. The fourth-order valence-corrected chi connectivity index (χ4v) is 3.52. The maximum atomic E-state index is 12.7. The number of carbonyl (C=O) groups is 1. The average molecular weight is 428 g/mol. The number of nitrogens with zero attached hydrogens (tertiary/aromatic N) is 1. The van der Waals surface area contributed by atoms with E-state index in [9.17, 15) is 13.2 Å². The Kier molecular flexibility index (Phi) is 12.6. The fraction of sp³-hybridized carbons (Fsp3) is 0.682. The molecule has 0 saturated heterocycles. The molecular formula is C22H37NO5S. The zero-order chi connectivity index (χ0) is 21.5. The third kappa shape index (κ3) is 11.2. The van der Waals surface area contributed by atoms with E-state index in [1.165, 1.54) is 39.0 Å². The SMILES string of the molecule is CCCCCCCCCC(=O)N(CCOC)Cc1cccc(OS(=O)(=O)CC)c1. The monoisotopic (exact) mass is 427 g/mol. The molecule has 0 unspecified atom stereocenters. The molecule has 0 aliphatic carbocycles. The number of amides is 1. The molecular weight excluding hydrogens is 390 g/mol. The van der Waals surface area contributed by atoms with Crippen molar-refractivity contribution < 1.29 is 22.1 Å². The molecule has 7 heteroatoms. The van der Waals surface area contributed by atoms with E-state index in [1.54, 1.807) is 30.2 Å². The predicted molar refractivity (Wildman–Crippen MR) is 116 cm³/mol. The third-order valence-electron chi connectivity index (χ3n) is 4.76. The second-order valence-corrected chi connectivity index (χ2v) is 9.12. The minimum Gasteiger partial charge on any atom is -0.383 e. The Morgan fingerprint density at radius 3 is 2.38 bits per heavy atom. The van der Waals surface area contributed by atoms with Crippen LogP contribution >= 0.6 is 0 Å². The Labute approximate surface area is 176 Å². The summed E-state index contributed by atoms with van der Waals surface area (Å²) < 4.78 is 33.6. The minimum absolute atomic E-state index is 0.0892. The summed E-state index contributed by atoms with van der Waals surface area (Å²) in [6, 6.07) is 6.89. The Morgan fingerprint density at radius 1 is 1.03 bits per heavy atom. The smallest absolute Gasteiger partial charge is 0.308 e. The number of methoxy groups -OCH3 is 1. The van der Waals surface area contributed by atoms with Crippen LogP contribution < -0.4 is 4.18 Å². The minimum atomic E-state index is -3.57. The van der Waals surface area contributed by atoms with E-state index in [0.29, 0.717) is 26.1 Å². The zero-order valence-electron chi connectivity index (χ0n) is 18.2. The van der Waals surface area contributed by atoms with E-state index in [-0.39, 0.29) is 17.4 Å². The summed E-state index contributed by atoms with van der Waals surface area (Å²) in [5.74, 6) is 0.285. The number of hydrogen-bond acceptors (Lipinski definition) is 5. The van der Waals surface area contributed by atoms with Crippen LogP contribution in [0.25, 0.3) is 0 Å². The van der Waals surface area contributed by atoms with Crippen molar-refractivity contribution in [2.45, 2.75) is 71.8 Å². The van der Waals surface area contributed by atoms with Crippen LogP contribution in [0.15, 0.2) is 24.3 Å². The zero-order valence-corrected chi connectivity index (χ0v) is 19.0. The number of unbranched alkanes of at least 4 members (excludes halogenated alkanes) is 6. The molecule has 0 aliphatic rings. The number of ether oxygens (including phenoxy) is 1. The largest absolute Gasteiger partial charge is 0.383 e. The van der Waals surface area contributed by atoms with Crippen LogP contribution in [0.1, 0.15) is 70.8 Å². The standard InChI is InChI=1S/C22H37NO5S/c1-4-6-7-8-9-10-11-15-22(24)23(16-17-27-3)19-20-13-12-14-21(18-20)28-29(25,26)5-2/h12-14,18H,4-11,15-17,19H2,1-3H3. The lowest BCUT2D eigenvalue weighted by Crippen LogP contribution is -2.33. The summed E-state index contributed by atoms with van der Waals surface area (Å²) in [6.45, 7) is 5.11. The Morgan fingerprint density at radius 2 is 1.72 bits per heavy atom. The Balaban J connectivity index is 2.60. The summed E-state index contributed by atoms with van der Waals surface area (Å²) in [4.78, 5) is 14.5. The molecule has 6 nitrogen and oxygen atoms in total. The molecule has 0 radical (unpaired) electrons. The van der Waals surface area contributed by atoms with Gasteiger partial charge in [0, 0.05) is 26.6 Å². The summed E-state index contributed by atoms with van der Waals surface area (Å²) >= 11 is 0. The van der Waals surface area contributed by atoms with Gasteiger partial charge in [-0.15, -0.1) is 0 Å². The van der Waals surface area contributed by atoms with Gasteiger partial charge in [-0.1, -0.05) is 57.6 Å². The van der Waals surface area contributed by atoms with Gasteiger partial charge in [0.15, 0.2) is 0 Å². The second-order valence-electron chi connectivity index (χ2n) is 7.26. The summed E-state index contributed by atoms with van der Waals surface area (Å²) in [5.41, 5.74) is 0.831. The normalized spacial score (nSPS) is 11.4. The van der Waals surface area contributed by atoms with Crippen LogP contribution in [0, 0.1) is 0 Å². The molecule has 29 heavy (non-hydrogen) atoms. The summed E-state index contributed by atoms with van der Waals surface area (Å²) in [6.07, 6.45) is 8.71. The average Bonchev–Trinajstić information content (AvgIpc) is 2.70. The molecule has 0 spiro atoms. The van der Waals surface area contributed by atoms with Crippen molar-refractivity contribution >= 4 is 16.0 Å². The van der Waals surface area contributed by atoms with E-state index >= 15 is 0 Å². The Bertz CT molecular complexity index is 690. The molecule has 0 fully saturated rings. The maximum absolute atomic E-state index is 12.7. The molecule has 0 atom stereocenters. The maximum Gasteiger partial charge on any atom is 0.308 e. The quantitative estimate of drug-likeness (QED) is 0.286. The number of benzene rings is 1. The van der Waals surface area contributed by atoms with Gasteiger partial charge < -0.3 is 13.8 Å². The van der Waals surface area contributed by atoms with Gasteiger partial charge in [0.25, 0.3) is 0 Å². The number of carbonyl (C=O) groups excluding carboxylic acids is 1. The molecule has 1 rings (SSSR count). The fourth-order valence-electron chi connectivity index (χ4n) is 3.01. The highest BCUT2D eigenvalue weighted by atomic mass is 32.2. The van der Waals surface area contributed by atoms with Crippen LogP contribution in [0.3, 0.4) is 0 Å². The summed E-state index contributed by atoms with van der Waals surface area (Å²) in [7, 11) is -1.96. The van der Waals surface area contributed by atoms with E-state index in [0.717, 1.165) is 18.4 Å². The molecule has 0 bridgehead atoms. The summed E-state index contributed by atoms with van der Waals surface area (Å²) in [5, 5.41) is 0. The second kappa shape index (κ2) is 14.4. The van der Waals surface area contributed by atoms with Gasteiger partial charge in [-0.3, -0.25) is 4.79 Å². The number of hydrogen-bond donors (Lipinski definition) is 0. The van der Waals surface area contributed by atoms with Gasteiger partial charge in [0.1, 0.15) is 5.75 Å². The highest BCUT2D eigenvalue weighted by molar-refractivity contribution is 7.87. The van der Waals surface area contributed by atoms with E-state index in [1.807, 2.05) is 6.07 Å². The van der Waals surface area contributed by atoms with Crippen LogP contribution in [-0.4, -0.2) is 45.2 Å². The molecule has 1 aromatic carbocycles. The topological polar surface area (TPSA) is 72.9 Å². The van der Waals surface area contributed by atoms with Crippen LogP contribution in [-0.2, 0) is 26.2 Å². The first-order valence-corrected chi connectivity index (χ1v) is 12.3. The van der Waals surface area contributed by atoms with E-state index < -0.39 is 10.1 Å². The van der Waals surface area contributed by atoms with Crippen molar-refractivity contribution in [1.82, 2.24) is 4.90 Å². The molecule has 0 saturated carbocycles. The molecule has 1 amide bonds. The molecule has 166 valence electrons. The van der Waals surface area contributed by atoms with Crippen molar-refractivity contribution in [3.8, 4) is 5.75 Å². The van der Waals surface area contributed by atoms with E-state index in [4.69, 9.17) is 8.92 Å². The van der Waals surface area contributed by atoms with Gasteiger partial charge in [0.05, 0.1) is 12.4 Å². The lowest BCUT2D eigenvalue weighted by Gasteiger charge is -2.23. The third-order valence-corrected chi connectivity index (χ3v) is 5.91. The predicted octanol–water partition coefficient (Wildman–Crippen LogP) is 4.53. The highest BCUT2D eigenvalue weighted by Crippen LogP contribution is 2.18. The van der Waals surface area contributed by atoms with Gasteiger partial charge in [-0.25, -0.2) is 0 Å². The molecule has 0 aromatic heterocycles. The van der Waals surface area contributed by atoms with Crippen molar-refractivity contribution in [3.63, 3.8) is 0 Å². The van der Waals surface area contributed by atoms with Gasteiger partial charge >= 0.3 is 10.1 Å². The lowest BCUT2D eigenvalue weighted by molar-refractivity contribution is -0.132. The first-order valence-electron chi connectivity index (χ1n) is 10.7.